The van der Waals surface area contributed by atoms with E-state index in [1.54, 1.807) is 36.4 Å². The van der Waals surface area contributed by atoms with E-state index in [0.717, 1.165) is 29.5 Å². The van der Waals surface area contributed by atoms with Crippen molar-refractivity contribution in [3.05, 3.63) is 71.5 Å². The number of nitrogens with one attached hydrogen (secondary N) is 2. The number of aryl methyl sites for hydroxylation is 1. The van der Waals surface area contributed by atoms with Gasteiger partial charge in [0.05, 0.1) is 24.3 Å². The fourth-order valence-electron chi connectivity index (χ4n) is 4.08. The van der Waals surface area contributed by atoms with Crippen molar-refractivity contribution in [2.24, 2.45) is 0 Å². The van der Waals surface area contributed by atoms with Crippen molar-refractivity contribution in [3.63, 3.8) is 0 Å². The zero-order valence-corrected chi connectivity index (χ0v) is 19.2. The molecule has 2 aliphatic rings. The number of fused-ring (bicyclic) bond motifs is 1. The first-order chi connectivity index (χ1) is 17.0. The molecule has 1 aromatic heterocycles. The molecule has 1 saturated heterocycles. The number of hydrogen-bond donors (Lipinski definition) is 2. The summed E-state index contributed by atoms with van der Waals surface area (Å²) >= 11 is 0. The number of ether oxygens (including phenoxy) is 1. The fourth-order valence-corrected chi connectivity index (χ4v) is 4.08. The Morgan fingerprint density at radius 2 is 1.57 bits per heavy atom. The summed E-state index contributed by atoms with van der Waals surface area (Å²) in [5.41, 5.74) is 1.97. The van der Waals surface area contributed by atoms with Crippen LogP contribution in [0.4, 0.5) is 23.0 Å². The lowest BCUT2D eigenvalue weighted by molar-refractivity contribution is -0.116. The van der Waals surface area contributed by atoms with Gasteiger partial charge >= 0.3 is 0 Å². The minimum atomic E-state index is -0.461. The molecule has 0 bridgehead atoms. The van der Waals surface area contributed by atoms with Crippen molar-refractivity contribution in [2.75, 3.05) is 48.4 Å². The molecule has 1 fully saturated rings. The Balaban J connectivity index is 1.21. The number of anilines is 4. The average Bonchev–Trinajstić information content (AvgIpc) is 3.10. The quantitative estimate of drug-likeness (QED) is 0.526. The number of carbonyl (C=O) groups excluding carboxylic acids is 3. The molecule has 10 nitrogen and oxygen atoms in total. The lowest BCUT2D eigenvalue weighted by Crippen LogP contribution is -2.37. The summed E-state index contributed by atoms with van der Waals surface area (Å²) in [6.45, 7) is 4.41. The van der Waals surface area contributed by atoms with Crippen molar-refractivity contribution in [1.29, 1.82) is 0 Å². The zero-order valence-electron chi connectivity index (χ0n) is 19.2. The minimum Gasteiger partial charge on any atom is -0.378 e. The van der Waals surface area contributed by atoms with Crippen LogP contribution in [0.3, 0.4) is 0 Å². The third-order valence-electron chi connectivity index (χ3n) is 5.78. The van der Waals surface area contributed by atoms with E-state index in [4.69, 9.17) is 4.74 Å². The lowest BCUT2D eigenvalue weighted by Gasteiger charge is -2.28. The summed E-state index contributed by atoms with van der Waals surface area (Å²) in [6.07, 6.45) is 0. The standard InChI is InChI=1S/C25H24N6O4/c1-16-26-21(14-22(27-16)30-10-12-35-13-11-30)28-17-6-8-18(9-7-17)29-23(32)15-31-24(33)19-4-2-3-5-20(19)25(31)34/h2-9,14H,10-13,15H2,1H3,(H,29,32)(H,26,27,28). The molecule has 0 unspecified atom stereocenters. The molecule has 0 radical (unpaired) electrons. The van der Waals surface area contributed by atoms with E-state index >= 15 is 0 Å². The summed E-state index contributed by atoms with van der Waals surface area (Å²) in [6, 6.07) is 15.5. The summed E-state index contributed by atoms with van der Waals surface area (Å²) in [7, 11) is 0. The first-order valence-electron chi connectivity index (χ1n) is 11.3. The molecule has 35 heavy (non-hydrogen) atoms. The Kier molecular flexibility index (Phi) is 6.11. The van der Waals surface area contributed by atoms with Gasteiger partial charge in [-0.25, -0.2) is 9.97 Å². The molecule has 3 amide bonds. The van der Waals surface area contributed by atoms with E-state index in [2.05, 4.69) is 25.5 Å². The van der Waals surface area contributed by atoms with E-state index in [9.17, 15) is 14.4 Å². The molecule has 0 spiro atoms. The number of aromatic nitrogens is 2. The van der Waals surface area contributed by atoms with Crippen molar-refractivity contribution >= 4 is 40.7 Å². The van der Waals surface area contributed by atoms with Gasteiger partial charge in [0.2, 0.25) is 5.91 Å². The number of amides is 3. The maximum atomic E-state index is 12.5. The fraction of sp³-hybridized carbons (Fsp3) is 0.240. The van der Waals surface area contributed by atoms with Gasteiger partial charge in [-0.1, -0.05) is 12.1 Å². The van der Waals surface area contributed by atoms with Crippen LogP contribution in [0.5, 0.6) is 0 Å². The van der Waals surface area contributed by atoms with Crippen LogP contribution in [0, 0.1) is 6.92 Å². The molecular weight excluding hydrogens is 448 g/mol. The summed E-state index contributed by atoms with van der Waals surface area (Å²) in [5, 5.41) is 6.00. The number of morpholine rings is 1. The summed E-state index contributed by atoms with van der Waals surface area (Å²) in [5.74, 6) is 0.797. The smallest absolute Gasteiger partial charge is 0.262 e. The summed E-state index contributed by atoms with van der Waals surface area (Å²) in [4.78, 5) is 49.5. The van der Waals surface area contributed by atoms with Crippen molar-refractivity contribution < 1.29 is 19.1 Å². The molecule has 0 saturated carbocycles. The van der Waals surface area contributed by atoms with Gasteiger partial charge in [0, 0.05) is 30.5 Å². The van der Waals surface area contributed by atoms with Crippen LogP contribution in [-0.2, 0) is 9.53 Å². The first-order valence-corrected chi connectivity index (χ1v) is 11.3. The van der Waals surface area contributed by atoms with E-state index in [0.29, 0.717) is 41.7 Å². The first kappa shape index (κ1) is 22.5. The van der Waals surface area contributed by atoms with Crippen LogP contribution in [-0.4, -0.2) is 65.4 Å². The van der Waals surface area contributed by atoms with Crippen molar-refractivity contribution in [3.8, 4) is 0 Å². The van der Waals surface area contributed by atoms with Crippen LogP contribution in [0.1, 0.15) is 26.5 Å². The molecule has 2 N–H and O–H groups in total. The van der Waals surface area contributed by atoms with Gasteiger partial charge in [0.1, 0.15) is 24.0 Å². The van der Waals surface area contributed by atoms with E-state index < -0.39 is 17.7 Å². The van der Waals surface area contributed by atoms with Crippen LogP contribution >= 0.6 is 0 Å². The molecule has 2 aromatic carbocycles. The molecule has 5 rings (SSSR count). The topological polar surface area (TPSA) is 117 Å². The Bertz CT molecular complexity index is 1250. The van der Waals surface area contributed by atoms with Gasteiger partial charge in [-0.2, -0.15) is 0 Å². The maximum absolute atomic E-state index is 12.5. The molecule has 2 aliphatic heterocycles. The third-order valence-corrected chi connectivity index (χ3v) is 5.78. The largest absolute Gasteiger partial charge is 0.378 e. The monoisotopic (exact) mass is 472 g/mol. The van der Waals surface area contributed by atoms with Crippen molar-refractivity contribution in [1.82, 2.24) is 14.9 Å². The molecular formula is C25H24N6O4. The number of nitrogens with zero attached hydrogens (tertiary/aromatic N) is 4. The highest BCUT2D eigenvalue weighted by atomic mass is 16.5. The van der Waals surface area contributed by atoms with Gasteiger partial charge in [-0.05, 0) is 43.3 Å². The number of hydrogen-bond acceptors (Lipinski definition) is 8. The number of carbonyl (C=O) groups is 3. The molecule has 178 valence electrons. The molecule has 3 heterocycles. The second-order valence-electron chi connectivity index (χ2n) is 8.25. The van der Waals surface area contributed by atoms with Gasteiger partial charge in [0.15, 0.2) is 0 Å². The van der Waals surface area contributed by atoms with E-state index in [1.807, 2.05) is 25.1 Å². The van der Waals surface area contributed by atoms with Crippen molar-refractivity contribution in [2.45, 2.75) is 6.92 Å². The summed E-state index contributed by atoms with van der Waals surface area (Å²) < 4.78 is 5.41. The van der Waals surface area contributed by atoms with Gasteiger partial charge in [0.25, 0.3) is 11.8 Å². The second kappa shape index (κ2) is 9.51. The molecule has 0 aliphatic carbocycles. The van der Waals surface area contributed by atoms with E-state index in [-0.39, 0.29) is 6.54 Å². The van der Waals surface area contributed by atoms with Gasteiger partial charge < -0.3 is 20.3 Å². The maximum Gasteiger partial charge on any atom is 0.262 e. The predicted molar refractivity (Wildman–Crippen MR) is 130 cm³/mol. The Hall–Kier alpha value is -4.31. The minimum absolute atomic E-state index is 0.317. The Labute approximate surface area is 201 Å². The van der Waals surface area contributed by atoms with Crippen LogP contribution in [0.2, 0.25) is 0 Å². The van der Waals surface area contributed by atoms with E-state index in [1.165, 1.54) is 0 Å². The Morgan fingerprint density at radius 3 is 2.23 bits per heavy atom. The van der Waals surface area contributed by atoms with Crippen LogP contribution in [0.15, 0.2) is 54.6 Å². The number of imide groups is 1. The normalized spacial score (nSPS) is 15.2. The number of benzene rings is 2. The average molecular weight is 473 g/mol. The zero-order chi connectivity index (χ0) is 24.4. The predicted octanol–water partition coefficient (Wildman–Crippen LogP) is 2.60. The highest BCUT2D eigenvalue weighted by Crippen LogP contribution is 2.24. The molecule has 10 heteroatoms. The molecule has 0 atom stereocenters. The number of rotatable bonds is 6. The third kappa shape index (κ3) is 4.82. The highest BCUT2D eigenvalue weighted by molar-refractivity contribution is 6.22. The SMILES string of the molecule is Cc1nc(Nc2ccc(NC(=O)CN3C(=O)c4ccccc4C3=O)cc2)cc(N2CCOCC2)n1. The van der Waals surface area contributed by atoms with Crippen LogP contribution in [0.25, 0.3) is 0 Å². The lowest BCUT2D eigenvalue weighted by atomic mass is 10.1. The highest BCUT2D eigenvalue weighted by Gasteiger charge is 2.36. The van der Waals surface area contributed by atoms with Crippen LogP contribution < -0.4 is 15.5 Å². The Morgan fingerprint density at radius 1 is 0.943 bits per heavy atom. The van der Waals surface area contributed by atoms with Gasteiger partial charge in [-0.3, -0.25) is 19.3 Å². The second-order valence-corrected chi connectivity index (χ2v) is 8.25. The van der Waals surface area contributed by atoms with Gasteiger partial charge in [-0.15, -0.1) is 0 Å². The molecule has 3 aromatic rings.